The molecule has 0 aliphatic carbocycles. The molecule has 132 valence electrons. The molecular weight excluding hydrogens is 337 g/mol. The van der Waals surface area contributed by atoms with Gasteiger partial charge in [-0.3, -0.25) is 9.59 Å². The Balaban J connectivity index is 1.97. The van der Waals surface area contributed by atoms with Crippen molar-refractivity contribution < 1.29 is 18.7 Å². The van der Waals surface area contributed by atoms with E-state index in [9.17, 15) is 14.0 Å². The van der Waals surface area contributed by atoms with Gasteiger partial charge in [0.15, 0.2) is 5.43 Å². The second-order valence-corrected chi connectivity index (χ2v) is 6.20. The molecule has 1 aliphatic rings. The Kier molecular flexibility index (Phi) is 4.05. The molecular formula is C20H16FNO4. The number of carbonyl (C=O) groups is 1. The van der Waals surface area contributed by atoms with Crippen LogP contribution >= 0.6 is 0 Å². The number of carbonyl (C=O) groups excluding carboxylic acids is 1. The summed E-state index contributed by atoms with van der Waals surface area (Å²) in [7, 11) is 0. The van der Waals surface area contributed by atoms with E-state index < -0.39 is 17.8 Å². The summed E-state index contributed by atoms with van der Waals surface area (Å²) >= 11 is 0. The Hall–Kier alpha value is -2.99. The van der Waals surface area contributed by atoms with E-state index >= 15 is 0 Å². The van der Waals surface area contributed by atoms with Gasteiger partial charge in [-0.25, -0.2) is 4.39 Å². The molecule has 0 unspecified atom stereocenters. The van der Waals surface area contributed by atoms with Crippen molar-refractivity contribution in [1.82, 2.24) is 4.90 Å². The molecule has 1 aromatic heterocycles. The minimum atomic E-state index is -0.736. The summed E-state index contributed by atoms with van der Waals surface area (Å²) < 4.78 is 19.5. The Morgan fingerprint density at radius 1 is 1.12 bits per heavy atom. The van der Waals surface area contributed by atoms with Crippen molar-refractivity contribution in [1.29, 1.82) is 0 Å². The summed E-state index contributed by atoms with van der Waals surface area (Å²) in [6.07, 6.45) is 0.346. The highest BCUT2D eigenvalue weighted by Gasteiger charge is 2.42. The third-order valence-electron chi connectivity index (χ3n) is 4.59. The molecule has 0 spiro atoms. The van der Waals surface area contributed by atoms with Crippen LogP contribution in [0.25, 0.3) is 11.0 Å². The van der Waals surface area contributed by atoms with Gasteiger partial charge in [-0.05, 0) is 36.2 Å². The molecule has 0 saturated carbocycles. The fraction of sp³-hybridized carbons (Fsp3) is 0.200. The molecule has 4 rings (SSSR count). The first-order chi connectivity index (χ1) is 12.6. The second-order valence-electron chi connectivity index (χ2n) is 6.20. The fourth-order valence-corrected chi connectivity index (χ4v) is 3.46. The van der Waals surface area contributed by atoms with Gasteiger partial charge in [-0.1, -0.05) is 24.3 Å². The summed E-state index contributed by atoms with van der Waals surface area (Å²) in [5.41, 5.74) is 0.762. The van der Waals surface area contributed by atoms with Gasteiger partial charge < -0.3 is 14.4 Å². The van der Waals surface area contributed by atoms with E-state index in [1.807, 2.05) is 0 Å². The van der Waals surface area contributed by atoms with Gasteiger partial charge in [-0.15, -0.1) is 0 Å². The van der Waals surface area contributed by atoms with Crippen LogP contribution in [0.3, 0.4) is 0 Å². The van der Waals surface area contributed by atoms with E-state index in [2.05, 4.69) is 0 Å². The quantitative estimate of drug-likeness (QED) is 0.783. The van der Waals surface area contributed by atoms with Crippen LogP contribution in [-0.4, -0.2) is 29.1 Å². The summed E-state index contributed by atoms with van der Waals surface area (Å²) in [6, 6.07) is 11.8. The standard InChI is InChI=1S/C20H16FNO4/c21-13-6-3-5-12(11-13)17-16-18(24)14-7-1-2-8-15(14)26-19(16)20(25)22(17)9-4-10-23/h1-3,5-8,11,17,23H,4,9-10H2/t17-/m1/s1. The van der Waals surface area contributed by atoms with Crippen LogP contribution < -0.4 is 5.43 Å². The molecule has 5 nitrogen and oxygen atoms in total. The van der Waals surface area contributed by atoms with Crippen LogP contribution in [0.4, 0.5) is 4.39 Å². The average Bonchev–Trinajstić information content (AvgIpc) is 2.93. The molecule has 1 atom stereocenters. The number of hydrogen-bond donors (Lipinski definition) is 1. The SMILES string of the molecule is O=C1c2oc3ccccc3c(=O)c2[C@@H](c2cccc(F)c2)N1CCCO. The molecule has 1 amide bonds. The molecule has 2 heterocycles. The van der Waals surface area contributed by atoms with Crippen molar-refractivity contribution >= 4 is 16.9 Å². The molecule has 1 aliphatic heterocycles. The first-order valence-corrected chi connectivity index (χ1v) is 8.35. The monoisotopic (exact) mass is 353 g/mol. The van der Waals surface area contributed by atoms with E-state index in [-0.39, 0.29) is 29.9 Å². The topological polar surface area (TPSA) is 70.8 Å². The Morgan fingerprint density at radius 2 is 1.92 bits per heavy atom. The lowest BCUT2D eigenvalue weighted by molar-refractivity contribution is 0.0716. The van der Waals surface area contributed by atoms with Crippen molar-refractivity contribution in [2.45, 2.75) is 12.5 Å². The number of aliphatic hydroxyl groups is 1. The van der Waals surface area contributed by atoms with Crippen molar-refractivity contribution in [2.24, 2.45) is 0 Å². The van der Waals surface area contributed by atoms with Crippen molar-refractivity contribution in [2.75, 3.05) is 13.2 Å². The van der Waals surface area contributed by atoms with Gasteiger partial charge in [0.2, 0.25) is 5.76 Å². The maximum absolute atomic E-state index is 13.8. The third kappa shape index (κ3) is 2.50. The van der Waals surface area contributed by atoms with E-state index in [4.69, 9.17) is 9.52 Å². The van der Waals surface area contributed by atoms with Crippen LogP contribution in [-0.2, 0) is 0 Å². The Bertz CT molecular complexity index is 1060. The minimum absolute atomic E-state index is 0.0131. The zero-order valence-corrected chi connectivity index (χ0v) is 13.8. The number of rotatable bonds is 4. The lowest BCUT2D eigenvalue weighted by Gasteiger charge is -2.24. The maximum Gasteiger partial charge on any atom is 0.290 e. The van der Waals surface area contributed by atoms with Gasteiger partial charge in [0.25, 0.3) is 5.91 Å². The first kappa shape index (κ1) is 16.5. The molecule has 6 heteroatoms. The van der Waals surface area contributed by atoms with Crippen molar-refractivity contribution in [3.05, 3.63) is 81.5 Å². The van der Waals surface area contributed by atoms with Crippen LogP contribution in [0.5, 0.6) is 0 Å². The number of halogens is 1. The van der Waals surface area contributed by atoms with E-state index in [0.29, 0.717) is 23.0 Å². The molecule has 2 aromatic carbocycles. The van der Waals surface area contributed by atoms with Crippen molar-refractivity contribution in [3.63, 3.8) is 0 Å². The number of nitrogens with zero attached hydrogens (tertiary/aromatic N) is 1. The first-order valence-electron chi connectivity index (χ1n) is 8.35. The highest BCUT2D eigenvalue weighted by Crippen LogP contribution is 2.38. The molecule has 0 fully saturated rings. The predicted molar refractivity (Wildman–Crippen MR) is 93.5 cm³/mol. The van der Waals surface area contributed by atoms with Gasteiger partial charge >= 0.3 is 0 Å². The molecule has 1 N–H and O–H groups in total. The number of benzene rings is 2. The summed E-state index contributed by atoms with van der Waals surface area (Å²) in [4.78, 5) is 27.4. The van der Waals surface area contributed by atoms with Crippen LogP contribution in [0.1, 0.15) is 34.1 Å². The Morgan fingerprint density at radius 3 is 2.69 bits per heavy atom. The number of hydrogen-bond acceptors (Lipinski definition) is 4. The largest absolute Gasteiger partial charge is 0.450 e. The highest BCUT2D eigenvalue weighted by atomic mass is 19.1. The lowest BCUT2D eigenvalue weighted by atomic mass is 9.98. The van der Waals surface area contributed by atoms with Gasteiger partial charge in [0.05, 0.1) is 17.0 Å². The van der Waals surface area contributed by atoms with Crippen LogP contribution in [0.2, 0.25) is 0 Å². The third-order valence-corrected chi connectivity index (χ3v) is 4.59. The zero-order valence-electron chi connectivity index (χ0n) is 13.8. The normalized spacial score (nSPS) is 16.3. The van der Waals surface area contributed by atoms with E-state index in [1.54, 1.807) is 36.4 Å². The van der Waals surface area contributed by atoms with Crippen LogP contribution in [0.15, 0.2) is 57.7 Å². The molecule has 0 radical (unpaired) electrons. The smallest absolute Gasteiger partial charge is 0.290 e. The zero-order chi connectivity index (χ0) is 18.3. The minimum Gasteiger partial charge on any atom is -0.450 e. The molecule has 0 saturated heterocycles. The van der Waals surface area contributed by atoms with Gasteiger partial charge in [-0.2, -0.15) is 0 Å². The second kappa shape index (κ2) is 6.38. The van der Waals surface area contributed by atoms with Gasteiger partial charge in [0, 0.05) is 13.2 Å². The predicted octanol–water partition coefficient (Wildman–Crippen LogP) is 2.86. The van der Waals surface area contributed by atoms with E-state index in [1.165, 1.54) is 17.0 Å². The van der Waals surface area contributed by atoms with Gasteiger partial charge in [0.1, 0.15) is 11.4 Å². The summed E-state index contributed by atoms with van der Waals surface area (Å²) in [5, 5.41) is 9.54. The average molecular weight is 353 g/mol. The summed E-state index contributed by atoms with van der Waals surface area (Å²) in [5.74, 6) is -0.887. The molecule has 3 aromatic rings. The molecule has 0 bridgehead atoms. The molecule has 26 heavy (non-hydrogen) atoms. The number of fused-ring (bicyclic) bond motifs is 2. The number of aliphatic hydroxyl groups excluding tert-OH is 1. The Labute approximate surface area is 148 Å². The number of para-hydroxylation sites is 1. The number of amides is 1. The van der Waals surface area contributed by atoms with E-state index in [0.717, 1.165) is 0 Å². The highest BCUT2D eigenvalue weighted by molar-refractivity contribution is 5.99. The van der Waals surface area contributed by atoms with Crippen LogP contribution in [0, 0.1) is 5.82 Å². The fourth-order valence-electron chi connectivity index (χ4n) is 3.46. The lowest BCUT2D eigenvalue weighted by Crippen LogP contribution is -2.31. The summed E-state index contributed by atoms with van der Waals surface area (Å²) in [6.45, 7) is 0.135. The maximum atomic E-state index is 13.8. The van der Waals surface area contributed by atoms with Crippen molar-refractivity contribution in [3.8, 4) is 0 Å².